The van der Waals surface area contributed by atoms with Crippen LogP contribution in [0.5, 0.6) is 0 Å². The van der Waals surface area contributed by atoms with E-state index < -0.39 is 167 Å². The summed E-state index contributed by atoms with van der Waals surface area (Å²) in [6.07, 6.45) is -20.7. The van der Waals surface area contributed by atoms with E-state index in [1.165, 1.54) is 24.3 Å². The molecule has 386 valence electrons. The molecule has 0 bridgehead atoms. The SMILES string of the molecule is CC1OC(O[C@@H]2C(CO)=C[C@H](N[C@H]3C=C(CO)[C@@H](O)[C@H](O)[C@H]3O)[C@H](O)[C@H]2O)C(C)C(C)C1C.OCC1=C[C@H](N[C@H]2C=C(CO)[C@@H](OC3OC(CO)C(O)C(O)C3O)[C@H](O)[C@H]2O)[C@H](O)[C@@H](O)[C@@H]1O. The third-order valence-electron chi connectivity index (χ3n) is 14.3. The van der Waals surface area contributed by atoms with Crippen LogP contribution in [0.1, 0.15) is 27.7 Å². The summed E-state index contributed by atoms with van der Waals surface area (Å²) in [5.74, 6) is 0.668. The first-order valence-electron chi connectivity index (χ1n) is 22.4. The van der Waals surface area contributed by atoms with Crippen molar-refractivity contribution in [3.05, 3.63) is 46.6 Å². The van der Waals surface area contributed by atoms with Gasteiger partial charge in [-0.1, -0.05) is 45.1 Å². The highest BCUT2D eigenvalue weighted by Crippen LogP contribution is 2.38. The van der Waals surface area contributed by atoms with Gasteiger partial charge >= 0.3 is 0 Å². The minimum absolute atomic E-state index is 0.0312. The van der Waals surface area contributed by atoms with Crippen LogP contribution in [0, 0.1) is 17.8 Å². The third kappa shape index (κ3) is 11.9. The van der Waals surface area contributed by atoms with Gasteiger partial charge in [0.2, 0.25) is 0 Å². The molecule has 0 amide bonds. The van der Waals surface area contributed by atoms with Gasteiger partial charge in [0, 0.05) is 5.92 Å². The minimum atomic E-state index is -1.77. The van der Waals surface area contributed by atoms with Crippen LogP contribution < -0.4 is 10.6 Å². The fraction of sp³-hybridized carbons (Fsp3) is 0.814. The summed E-state index contributed by atoms with van der Waals surface area (Å²) < 4.78 is 22.9. The summed E-state index contributed by atoms with van der Waals surface area (Å²) in [7, 11) is 0. The largest absolute Gasteiger partial charge is 0.394 e. The van der Waals surface area contributed by atoms with Crippen molar-refractivity contribution in [1.82, 2.24) is 10.6 Å². The Morgan fingerprint density at radius 1 is 0.403 bits per heavy atom. The van der Waals surface area contributed by atoms with Crippen LogP contribution in [0.25, 0.3) is 0 Å². The summed E-state index contributed by atoms with van der Waals surface area (Å²) in [6.45, 7) is 5.30. The van der Waals surface area contributed by atoms with Gasteiger partial charge in [0.15, 0.2) is 12.6 Å². The van der Waals surface area contributed by atoms with Gasteiger partial charge in [0.1, 0.15) is 97.7 Å². The van der Waals surface area contributed by atoms with Gasteiger partial charge in [0.25, 0.3) is 0 Å². The molecular weight excluding hydrogens is 896 g/mol. The lowest BCUT2D eigenvalue weighted by molar-refractivity contribution is -0.316. The fourth-order valence-electron chi connectivity index (χ4n) is 9.35. The molecule has 0 radical (unpaired) electrons. The smallest absolute Gasteiger partial charge is 0.187 e. The molecule has 24 nitrogen and oxygen atoms in total. The Morgan fingerprint density at radius 3 is 1.16 bits per heavy atom. The summed E-state index contributed by atoms with van der Waals surface area (Å²) in [6, 6.07) is -3.96. The van der Waals surface area contributed by atoms with E-state index in [1.807, 2.05) is 13.8 Å². The first-order valence-corrected chi connectivity index (χ1v) is 22.4. The molecule has 0 aromatic heterocycles. The molecule has 0 aromatic rings. The fourth-order valence-corrected chi connectivity index (χ4v) is 9.35. The molecule has 20 N–H and O–H groups in total. The normalized spacial score (nSPS) is 48.3. The standard InChI is InChI=1S/C23H39NO9.C20H33NO13/c1-9-10(2)12(4)32-23(11(9)3)33-22-14(8-26)6-16(19(29)21(22)31)24-15-5-13(7-25)17(27)20(30)18(15)28;22-3-6-1-8(12(26)15(29)11(6)25)21-9-2-7(4-23)19(17(31)13(9)27)34-20-18(32)16(30)14(28)10(5-24)33-20/h5-6,9-12,15-31H,7-8H2,1-4H3;1-2,8-32H,3-5H2/t9?,10?,11?,12?,15-,16-,17+,18-,19-,20-,21+,22+,23?;8-,9-,10?,11+,12-,13-,14?,15-,16?,17+,18?,19+,20?/m00/s1. The van der Waals surface area contributed by atoms with E-state index in [0.29, 0.717) is 17.4 Å². The van der Waals surface area contributed by atoms with E-state index >= 15 is 0 Å². The second-order valence-corrected chi connectivity index (χ2v) is 18.4. The molecule has 2 fully saturated rings. The Balaban J connectivity index is 0.000000251. The molecule has 24 heteroatoms. The zero-order chi connectivity index (χ0) is 49.9. The average molecular weight is 969 g/mol. The van der Waals surface area contributed by atoms with Crippen LogP contribution in [-0.2, 0) is 18.9 Å². The second-order valence-electron chi connectivity index (χ2n) is 18.4. The van der Waals surface area contributed by atoms with Gasteiger partial charge < -0.3 is 111 Å². The third-order valence-corrected chi connectivity index (χ3v) is 14.3. The van der Waals surface area contributed by atoms with E-state index in [-0.39, 0.29) is 28.7 Å². The van der Waals surface area contributed by atoms with E-state index in [2.05, 4.69) is 24.5 Å². The number of aliphatic hydroxyl groups excluding tert-OH is 18. The highest BCUT2D eigenvalue weighted by atomic mass is 16.7. The quantitative estimate of drug-likeness (QED) is 0.0762. The molecule has 10 unspecified atom stereocenters. The molecule has 0 aromatic carbocycles. The average Bonchev–Trinajstić information content (AvgIpc) is 3.32. The Morgan fingerprint density at radius 2 is 0.776 bits per heavy atom. The molecule has 2 saturated heterocycles. The van der Waals surface area contributed by atoms with Crippen LogP contribution in [0.3, 0.4) is 0 Å². The van der Waals surface area contributed by atoms with Crippen LogP contribution >= 0.6 is 0 Å². The van der Waals surface area contributed by atoms with Gasteiger partial charge in [-0.25, -0.2) is 0 Å². The van der Waals surface area contributed by atoms with Crippen molar-refractivity contribution in [2.75, 3.05) is 33.0 Å². The van der Waals surface area contributed by atoms with Gasteiger partial charge in [-0.3, -0.25) is 10.6 Å². The first-order chi connectivity index (χ1) is 31.6. The lowest BCUT2D eigenvalue weighted by Gasteiger charge is -2.46. The van der Waals surface area contributed by atoms with Gasteiger partial charge in [0.05, 0.1) is 63.3 Å². The van der Waals surface area contributed by atoms with E-state index in [4.69, 9.17) is 18.9 Å². The van der Waals surface area contributed by atoms with Gasteiger partial charge in [-0.2, -0.15) is 0 Å². The lowest BCUT2D eigenvalue weighted by Crippen LogP contribution is -2.63. The van der Waals surface area contributed by atoms with Crippen molar-refractivity contribution in [2.45, 2.75) is 168 Å². The first kappa shape index (κ1) is 55.9. The van der Waals surface area contributed by atoms with Crippen molar-refractivity contribution < 1.29 is 111 Å². The van der Waals surface area contributed by atoms with E-state index in [1.54, 1.807) is 0 Å². The van der Waals surface area contributed by atoms with Crippen LogP contribution in [-0.4, -0.2) is 265 Å². The highest BCUT2D eigenvalue weighted by molar-refractivity contribution is 5.28. The number of aliphatic hydroxyl groups is 18. The van der Waals surface area contributed by atoms with Crippen molar-refractivity contribution in [3.63, 3.8) is 0 Å². The van der Waals surface area contributed by atoms with Crippen molar-refractivity contribution in [2.24, 2.45) is 17.8 Å². The highest BCUT2D eigenvalue weighted by Gasteiger charge is 2.50. The Labute approximate surface area is 386 Å². The van der Waals surface area contributed by atoms with Crippen LogP contribution in [0.15, 0.2) is 46.6 Å². The Hall–Kier alpha value is -2.00. The predicted molar refractivity (Wildman–Crippen MR) is 228 cm³/mol. The topological polar surface area (TPSA) is 425 Å². The molecular formula is C43H72N2O22. The molecule has 4 aliphatic carbocycles. The van der Waals surface area contributed by atoms with Crippen molar-refractivity contribution in [1.29, 1.82) is 0 Å². The monoisotopic (exact) mass is 968 g/mol. The number of nitrogens with one attached hydrogen (secondary N) is 2. The summed E-state index contributed by atoms with van der Waals surface area (Å²) >= 11 is 0. The summed E-state index contributed by atoms with van der Waals surface area (Å²) in [5.41, 5.74) is 0.544. The zero-order valence-corrected chi connectivity index (χ0v) is 37.5. The van der Waals surface area contributed by atoms with Gasteiger partial charge in [-0.15, -0.1) is 0 Å². The van der Waals surface area contributed by atoms with Crippen molar-refractivity contribution in [3.8, 4) is 0 Å². The number of ether oxygens (including phenoxy) is 4. The molecule has 2 aliphatic heterocycles. The minimum Gasteiger partial charge on any atom is -0.394 e. The van der Waals surface area contributed by atoms with E-state index in [0.717, 1.165) is 0 Å². The van der Waals surface area contributed by atoms with Crippen molar-refractivity contribution >= 4 is 0 Å². The van der Waals surface area contributed by atoms with Crippen LogP contribution in [0.4, 0.5) is 0 Å². The maximum Gasteiger partial charge on any atom is 0.187 e. The molecule has 6 aliphatic rings. The maximum atomic E-state index is 10.9. The molecule has 6 rings (SSSR count). The molecule has 67 heavy (non-hydrogen) atoms. The van der Waals surface area contributed by atoms with Crippen LogP contribution in [0.2, 0.25) is 0 Å². The maximum absolute atomic E-state index is 10.9. The number of rotatable bonds is 13. The molecule has 2 heterocycles. The second kappa shape index (κ2) is 23.9. The van der Waals surface area contributed by atoms with Gasteiger partial charge in [-0.05, 0) is 41.1 Å². The Bertz CT molecular complexity index is 1720. The summed E-state index contributed by atoms with van der Waals surface area (Å²) in [5, 5.41) is 187. The lowest BCUT2D eigenvalue weighted by atomic mass is 9.79. The molecule has 0 saturated carbocycles. The van der Waals surface area contributed by atoms with E-state index in [9.17, 15) is 91.9 Å². The Kier molecular flexibility index (Phi) is 20.0. The zero-order valence-electron chi connectivity index (χ0n) is 37.5. The number of hydrogen-bond donors (Lipinski definition) is 20. The summed E-state index contributed by atoms with van der Waals surface area (Å²) in [4.78, 5) is 0. The number of hydrogen-bond acceptors (Lipinski definition) is 24. The molecule has 0 spiro atoms. The predicted octanol–water partition coefficient (Wildman–Crippen LogP) is -8.81. The molecule has 26 atom stereocenters.